The summed E-state index contributed by atoms with van der Waals surface area (Å²) in [6.07, 6.45) is 6.41. The van der Waals surface area contributed by atoms with Gasteiger partial charge in [-0.15, -0.1) is 10.2 Å². The van der Waals surface area contributed by atoms with Crippen LogP contribution >= 0.6 is 0 Å². The second-order valence-electron chi connectivity index (χ2n) is 11.2. The molecule has 2 N–H and O–H groups in total. The molecule has 9 heteroatoms. The van der Waals surface area contributed by atoms with Crippen LogP contribution in [0.3, 0.4) is 0 Å². The maximum atomic E-state index is 14.4. The van der Waals surface area contributed by atoms with Crippen molar-refractivity contribution in [2.45, 2.75) is 63.6 Å². The Morgan fingerprint density at radius 2 is 1.93 bits per heavy atom. The molecular weight excluding hydrogens is 507 g/mol. The van der Waals surface area contributed by atoms with Gasteiger partial charge in [0, 0.05) is 36.8 Å². The summed E-state index contributed by atoms with van der Waals surface area (Å²) in [5, 5.41) is 21.9. The van der Waals surface area contributed by atoms with E-state index in [1.807, 2.05) is 26.1 Å². The van der Waals surface area contributed by atoms with Crippen molar-refractivity contribution < 1.29 is 13.9 Å². The molecule has 0 aliphatic heterocycles. The highest BCUT2D eigenvalue weighted by Crippen LogP contribution is 2.42. The third-order valence-electron chi connectivity index (χ3n) is 8.09. The molecule has 7 rings (SSSR count). The Morgan fingerprint density at radius 3 is 2.67 bits per heavy atom. The highest BCUT2D eigenvalue weighted by Gasteiger charge is 2.28. The minimum absolute atomic E-state index is 0.134. The number of hydrogen-bond acceptors (Lipinski definition) is 7. The summed E-state index contributed by atoms with van der Waals surface area (Å²) in [6.45, 7) is 2.69. The van der Waals surface area contributed by atoms with Crippen LogP contribution < -0.4 is 5.32 Å². The third-order valence-corrected chi connectivity index (χ3v) is 8.09. The lowest BCUT2D eigenvalue weighted by atomic mass is 9.97. The molecule has 40 heavy (non-hydrogen) atoms. The normalized spacial score (nSPS) is 19.1. The van der Waals surface area contributed by atoms with E-state index in [1.165, 1.54) is 12.1 Å². The Kier molecular flexibility index (Phi) is 6.20. The number of aliphatic hydroxyl groups excluding tert-OH is 1. The summed E-state index contributed by atoms with van der Waals surface area (Å²) >= 11 is 0. The fraction of sp³-hybridized carbons (Fsp3) is 0.355. The van der Waals surface area contributed by atoms with Gasteiger partial charge in [0.05, 0.1) is 6.10 Å². The first-order chi connectivity index (χ1) is 19.4. The lowest BCUT2D eigenvalue weighted by Crippen LogP contribution is -2.35. The van der Waals surface area contributed by atoms with Crippen LogP contribution in [-0.4, -0.2) is 42.0 Å². The molecule has 204 valence electrons. The molecule has 2 aromatic carbocycles. The predicted molar refractivity (Wildman–Crippen MR) is 150 cm³/mol. The van der Waals surface area contributed by atoms with Gasteiger partial charge in [-0.25, -0.2) is 14.4 Å². The van der Waals surface area contributed by atoms with Crippen LogP contribution in [-0.2, 0) is 13.6 Å². The zero-order valence-electron chi connectivity index (χ0n) is 22.6. The molecule has 2 saturated carbocycles. The molecule has 2 fully saturated rings. The van der Waals surface area contributed by atoms with Crippen molar-refractivity contribution in [3.8, 4) is 34.1 Å². The molecule has 1 unspecified atom stereocenters. The number of aliphatic hydroxyl groups is 1. The summed E-state index contributed by atoms with van der Waals surface area (Å²) in [5.41, 5.74) is 7.67. The number of rotatable bonds is 7. The molecule has 3 aromatic heterocycles. The fourth-order valence-corrected chi connectivity index (χ4v) is 5.80. The van der Waals surface area contributed by atoms with Crippen molar-refractivity contribution in [3.63, 3.8) is 0 Å². The maximum absolute atomic E-state index is 14.4. The number of aromatic nitrogens is 5. The first-order valence-electron chi connectivity index (χ1n) is 13.9. The first-order valence-corrected chi connectivity index (χ1v) is 13.9. The Hall–Kier alpha value is -3.95. The summed E-state index contributed by atoms with van der Waals surface area (Å²) in [5.74, 6) is 1.11. The monoisotopic (exact) mass is 538 g/mol. The van der Waals surface area contributed by atoms with Crippen molar-refractivity contribution in [2.24, 2.45) is 7.05 Å². The Balaban J connectivity index is 1.28. The summed E-state index contributed by atoms with van der Waals surface area (Å²) in [6, 6.07) is 13.1. The molecule has 0 amide bonds. The number of fused-ring (bicyclic) bond motifs is 1. The standard InChI is InChI=1S/C31H31FN6O2/c1-17-10-18(15-33-24-4-3-5-28(24)39)11-26-29(17)40-31(36-26)27-13-20(12-25(35-27)19-6-7-19)22-9-8-21(32)14-23(22)30-37-34-16-38(30)2/h8-14,16,19,24,28,33,39H,3-7,15H2,1-2H3/t24?,28-/m0/s1. The van der Waals surface area contributed by atoms with E-state index in [2.05, 4.69) is 27.6 Å². The van der Waals surface area contributed by atoms with E-state index >= 15 is 0 Å². The van der Waals surface area contributed by atoms with Crippen molar-refractivity contribution in [1.82, 2.24) is 30.0 Å². The van der Waals surface area contributed by atoms with E-state index in [0.29, 0.717) is 35.4 Å². The highest BCUT2D eigenvalue weighted by molar-refractivity contribution is 5.84. The Labute approximate surface area is 231 Å². The predicted octanol–water partition coefficient (Wildman–Crippen LogP) is 5.68. The van der Waals surface area contributed by atoms with Gasteiger partial charge in [-0.2, -0.15) is 0 Å². The van der Waals surface area contributed by atoms with Crippen molar-refractivity contribution >= 4 is 11.1 Å². The lowest BCUT2D eigenvalue weighted by molar-refractivity contribution is 0.148. The number of benzene rings is 2. The van der Waals surface area contributed by atoms with Gasteiger partial charge in [-0.05, 0) is 91.6 Å². The van der Waals surface area contributed by atoms with Crippen molar-refractivity contribution in [3.05, 3.63) is 71.4 Å². The average Bonchev–Trinajstić information content (AvgIpc) is 3.34. The Morgan fingerprint density at radius 1 is 1.05 bits per heavy atom. The van der Waals surface area contributed by atoms with Crippen LogP contribution in [0.2, 0.25) is 0 Å². The van der Waals surface area contributed by atoms with E-state index in [1.54, 1.807) is 17.0 Å². The molecule has 2 aliphatic carbocycles. The number of hydrogen-bond donors (Lipinski definition) is 2. The molecule has 3 heterocycles. The van der Waals surface area contributed by atoms with Crippen LogP contribution in [0.25, 0.3) is 45.2 Å². The van der Waals surface area contributed by atoms with Gasteiger partial charge < -0.3 is 19.4 Å². The van der Waals surface area contributed by atoms with Gasteiger partial charge in [0.2, 0.25) is 5.89 Å². The van der Waals surface area contributed by atoms with E-state index in [4.69, 9.17) is 14.4 Å². The van der Waals surface area contributed by atoms with Gasteiger partial charge in [-0.3, -0.25) is 0 Å². The summed E-state index contributed by atoms with van der Waals surface area (Å²) in [4.78, 5) is 9.82. The largest absolute Gasteiger partial charge is 0.434 e. The molecular formula is C31H31FN6O2. The fourth-order valence-electron chi connectivity index (χ4n) is 5.80. The molecule has 2 atom stereocenters. The number of aryl methyl sites for hydroxylation is 2. The van der Waals surface area contributed by atoms with Gasteiger partial charge in [0.1, 0.15) is 23.4 Å². The molecule has 2 aliphatic rings. The molecule has 0 spiro atoms. The maximum Gasteiger partial charge on any atom is 0.246 e. The minimum atomic E-state index is -0.333. The zero-order valence-corrected chi connectivity index (χ0v) is 22.6. The number of nitrogens with one attached hydrogen (secondary N) is 1. The third kappa shape index (κ3) is 4.69. The van der Waals surface area contributed by atoms with Crippen LogP contribution in [0.1, 0.15) is 54.8 Å². The van der Waals surface area contributed by atoms with E-state index < -0.39 is 0 Å². The van der Waals surface area contributed by atoms with Crippen LogP contribution in [0.15, 0.2) is 53.2 Å². The van der Waals surface area contributed by atoms with Gasteiger partial charge in [-0.1, -0.05) is 12.1 Å². The molecule has 0 bridgehead atoms. The van der Waals surface area contributed by atoms with Gasteiger partial charge in [0.15, 0.2) is 11.4 Å². The van der Waals surface area contributed by atoms with E-state index in [0.717, 1.165) is 71.2 Å². The van der Waals surface area contributed by atoms with E-state index in [9.17, 15) is 9.50 Å². The minimum Gasteiger partial charge on any atom is -0.434 e. The van der Waals surface area contributed by atoms with Crippen LogP contribution in [0.4, 0.5) is 4.39 Å². The van der Waals surface area contributed by atoms with Crippen molar-refractivity contribution in [2.75, 3.05) is 0 Å². The molecule has 0 radical (unpaired) electrons. The highest BCUT2D eigenvalue weighted by atomic mass is 19.1. The average molecular weight is 539 g/mol. The molecule has 8 nitrogen and oxygen atoms in total. The number of oxazole rings is 1. The van der Waals surface area contributed by atoms with Gasteiger partial charge in [0.25, 0.3) is 0 Å². The van der Waals surface area contributed by atoms with Crippen LogP contribution in [0.5, 0.6) is 0 Å². The quantitative estimate of drug-likeness (QED) is 0.275. The molecule has 0 saturated heterocycles. The summed E-state index contributed by atoms with van der Waals surface area (Å²) in [7, 11) is 1.85. The molecule has 5 aromatic rings. The second-order valence-corrected chi connectivity index (χ2v) is 11.2. The zero-order chi connectivity index (χ0) is 27.4. The lowest BCUT2D eigenvalue weighted by Gasteiger charge is -2.16. The second kappa shape index (κ2) is 9.91. The number of pyridine rings is 1. The topological polar surface area (TPSA) is 102 Å². The van der Waals surface area contributed by atoms with Crippen molar-refractivity contribution in [1.29, 1.82) is 0 Å². The van der Waals surface area contributed by atoms with Crippen LogP contribution in [0, 0.1) is 12.7 Å². The SMILES string of the molecule is Cc1cc(CNC2CCC[C@@H]2O)cc2nc(-c3cc(-c4ccc(F)cc4-c4nncn4C)cc(C4CC4)n3)oc12. The number of halogens is 1. The first kappa shape index (κ1) is 25.0. The van der Waals surface area contributed by atoms with Gasteiger partial charge >= 0.3 is 0 Å². The smallest absolute Gasteiger partial charge is 0.246 e. The Bertz CT molecular complexity index is 1720. The van der Waals surface area contributed by atoms with E-state index in [-0.39, 0.29) is 18.0 Å². The summed E-state index contributed by atoms with van der Waals surface area (Å²) < 4.78 is 22.5. The number of nitrogens with zero attached hydrogens (tertiary/aromatic N) is 5.